The van der Waals surface area contributed by atoms with Crippen molar-refractivity contribution in [2.24, 2.45) is 0 Å². The van der Waals surface area contributed by atoms with E-state index in [1.54, 1.807) is 0 Å². The van der Waals surface area contributed by atoms with E-state index in [0.717, 1.165) is 22.3 Å². The van der Waals surface area contributed by atoms with Gasteiger partial charge in [-0.15, -0.1) is 0 Å². The monoisotopic (exact) mass is 655 g/mol. The maximum Gasteiger partial charge on any atom is 0.164 e. The minimum atomic E-state index is -0.467. The summed E-state index contributed by atoms with van der Waals surface area (Å²) in [5.74, 6) is 1.96. The predicted molar refractivity (Wildman–Crippen MR) is 203 cm³/mol. The molecule has 234 valence electrons. The lowest BCUT2D eigenvalue weighted by Crippen LogP contribution is -2.32. The Morgan fingerprint density at radius 3 is 1.42 bits per heavy atom. The fourth-order valence-corrected chi connectivity index (χ4v) is 9.15. The molecule has 7 aromatic carbocycles. The zero-order valence-corrected chi connectivity index (χ0v) is 27.8. The molecule has 1 aliphatic carbocycles. The Balaban J connectivity index is 1.21. The smallest absolute Gasteiger partial charge is 0.164 e. The molecule has 0 unspecified atom stereocenters. The zero-order valence-electron chi connectivity index (χ0n) is 27.0. The van der Waals surface area contributed by atoms with Crippen LogP contribution >= 0.6 is 11.8 Å². The maximum absolute atomic E-state index is 5.06. The summed E-state index contributed by atoms with van der Waals surface area (Å²) in [6.07, 6.45) is 0. The number of benzene rings is 7. The fourth-order valence-electron chi connectivity index (χ4n) is 7.92. The van der Waals surface area contributed by atoms with Crippen LogP contribution < -0.4 is 0 Å². The van der Waals surface area contributed by atoms with Crippen LogP contribution in [-0.4, -0.2) is 15.0 Å². The minimum Gasteiger partial charge on any atom is -0.208 e. The van der Waals surface area contributed by atoms with Crippen molar-refractivity contribution in [2.45, 2.75) is 15.2 Å². The lowest BCUT2D eigenvalue weighted by Gasteiger charge is -2.41. The van der Waals surface area contributed by atoms with Crippen LogP contribution in [0.5, 0.6) is 0 Å². The van der Waals surface area contributed by atoms with Crippen molar-refractivity contribution < 1.29 is 0 Å². The Morgan fingerprint density at radius 1 is 0.340 bits per heavy atom. The van der Waals surface area contributed by atoms with Gasteiger partial charge in [-0.1, -0.05) is 169 Å². The molecule has 0 fully saturated rings. The van der Waals surface area contributed by atoms with Gasteiger partial charge in [0.25, 0.3) is 0 Å². The van der Waals surface area contributed by atoms with Crippen LogP contribution in [0, 0.1) is 0 Å². The van der Waals surface area contributed by atoms with Gasteiger partial charge < -0.3 is 0 Å². The third kappa shape index (κ3) is 4.35. The van der Waals surface area contributed by atoms with Crippen molar-refractivity contribution in [3.63, 3.8) is 0 Å². The van der Waals surface area contributed by atoms with Gasteiger partial charge in [0, 0.05) is 26.5 Å². The van der Waals surface area contributed by atoms with E-state index in [9.17, 15) is 0 Å². The highest BCUT2D eigenvalue weighted by atomic mass is 32.2. The summed E-state index contributed by atoms with van der Waals surface area (Å²) < 4.78 is 0. The topological polar surface area (TPSA) is 38.7 Å². The molecule has 50 heavy (non-hydrogen) atoms. The molecule has 0 saturated carbocycles. The van der Waals surface area contributed by atoms with E-state index >= 15 is 0 Å². The predicted octanol–water partition coefficient (Wildman–Crippen LogP) is 11.4. The highest BCUT2D eigenvalue weighted by Gasteiger charge is 2.51. The first-order chi connectivity index (χ1) is 24.8. The number of hydrogen-bond acceptors (Lipinski definition) is 4. The standard InChI is InChI=1S/C46H29N3S/c1-3-15-30(16-4-1)43-47-44(31-17-5-2-6-18-31)49-45(48-43)33-20-13-19-32(29-33)34-23-14-28-41-42(34)46(39-26-11-12-27-40(39)50-41)37-24-9-7-21-35(37)36-22-8-10-25-38(36)46/h1-29H. The second kappa shape index (κ2) is 11.5. The van der Waals surface area contributed by atoms with Crippen LogP contribution in [0.3, 0.4) is 0 Å². The molecule has 4 heteroatoms. The number of aromatic nitrogens is 3. The van der Waals surface area contributed by atoms with Gasteiger partial charge in [0.05, 0.1) is 5.41 Å². The molecule has 1 aliphatic heterocycles. The molecule has 2 aliphatic rings. The molecule has 2 heterocycles. The molecule has 1 spiro atoms. The molecule has 0 N–H and O–H groups in total. The SMILES string of the molecule is c1ccc(-c2nc(-c3ccccc3)nc(-c3cccc(-c4cccc5c4C4(c6ccccc6S5)c5ccccc5-c5ccccc54)c3)n2)cc1. The Bertz CT molecular complexity index is 2480. The molecule has 0 amide bonds. The first kappa shape index (κ1) is 28.9. The van der Waals surface area contributed by atoms with Gasteiger partial charge in [-0.25, -0.2) is 15.0 Å². The lowest BCUT2D eigenvalue weighted by atomic mass is 9.65. The molecule has 3 nitrogen and oxygen atoms in total. The molecule has 0 radical (unpaired) electrons. The van der Waals surface area contributed by atoms with Crippen LogP contribution in [0.1, 0.15) is 22.3 Å². The summed E-state index contributed by atoms with van der Waals surface area (Å²) in [7, 11) is 0. The van der Waals surface area contributed by atoms with Gasteiger partial charge in [-0.05, 0) is 62.7 Å². The van der Waals surface area contributed by atoms with Crippen molar-refractivity contribution >= 4 is 11.8 Å². The Labute approximate surface area is 295 Å². The molecule has 1 aromatic heterocycles. The van der Waals surface area contributed by atoms with E-state index in [2.05, 4.69) is 115 Å². The van der Waals surface area contributed by atoms with Gasteiger partial charge in [0.15, 0.2) is 17.5 Å². The second-order valence-corrected chi connectivity index (χ2v) is 13.8. The number of rotatable bonds is 4. The third-order valence-corrected chi connectivity index (χ3v) is 11.1. The van der Waals surface area contributed by atoms with Gasteiger partial charge in [-0.2, -0.15) is 0 Å². The summed E-state index contributed by atoms with van der Waals surface area (Å²) in [6, 6.07) is 62.7. The second-order valence-electron chi connectivity index (χ2n) is 12.7. The van der Waals surface area contributed by atoms with Crippen molar-refractivity contribution in [3.8, 4) is 56.4 Å². The molecule has 0 saturated heterocycles. The average Bonchev–Trinajstić information content (AvgIpc) is 3.49. The van der Waals surface area contributed by atoms with E-state index < -0.39 is 5.41 Å². The third-order valence-electron chi connectivity index (χ3n) is 10.00. The Morgan fingerprint density at radius 2 is 0.780 bits per heavy atom. The highest BCUT2D eigenvalue weighted by Crippen LogP contribution is 2.63. The van der Waals surface area contributed by atoms with Crippen LogP contribution in [0.2, 0.25) is 0 Å². The average molecular weight is 656 g/mol. The summed E-state index contributed by atoms with van der Waals surface area (Å²) in [4.78, 5) is 17.6. The van der Waals surface area contributed by atoms with Crippen molar-refractivity contribution in [2.75, 3.05) is 0 Å². The van der Waals surface area contributed by atoms with Crippen molar-refractivity contribution in [3.05, 3.63) is 198 Å². The van der Waals surface area contributed by atoms with E-state index in [-0.39, 0.29) is 0 Å². The fraction of sp³-hybridized carbons (Fsp3) is 0.0217. The van der Waals surface area contributed by atoms with Crippen LogP contribution in [0.25, 0.3) is 56.4 Å². The highest BCUT2D eigenvalue weighted by molar-refractivity contribution is 7.99. The van der Waals surface area contributed by atoms with Gasteiger partial charge in [-0.3, -0.25) is 0 Å². The molecule has 0 atom stereocenters. The van der Waals surface area contributed by atoms with E-state index in [4.69, 9.17) is 15.0 Å². The first-order valence-corrected chi connectivity index (χ1v) is 17.7. The number of nitrogens with zero attached hydrogens (tertiary/aromatic N) is 3. The molecular formula is C46H29N3S. The maximum atomic E-state index is 5.06. The number of fused-ring (bicyclic) bond motifs is 9. The quantitative estimate of drug-likeness (QED) is 0.189. The largest absolute Gasteiger partial charge is 0.208 e. The van der Waals surface area contributed by atoms with Crippen LogP contribution in [-0.2, 0) is 5.41 Å². The molecule has 0 bridgehead atoms. The molecular weight excluding hydrogens is 627 g/mol. The Hall–Kier alpha value is -6.10. The summed E-state index contributed by atoms with van der Waals surface area (Å²) >= 11 is 1.87. The van der Waals surface area contributed by atoms with E-state index in [1.807, 2.05) is 72.4 Å². The van der Waals surface area contributed by atoms with Gasteiger partial charge >= 0.3 is 0 Å². The molecule has 10 rings (SSSR count). The van der Waals surface area contributed by atoms with Crippen LogP contribution in [0.15, 0.2) is 186 Å². The van der Waals surface area contributed by atoms with Gasteiger partial charge in [0.2, 0.25) is 0 Å². The zero-order chi connectivity index (χ0) is 33.1. The van der Waals surface area contributed by atoms with E-state index in [0.29, 0.717) is 17.5 Å². The molecule has 8 aromatic rings. The van der Waals surface area contributed by atoms with Crippen molar-refractivity contribution in [1.29, 1.82) is 0 Å². The number of hydrogen-bond donors (Lipinski definition) is 0. The summed E-state index contributed by atoms with van der Waals surface area (Å²) in [5, 5.41) is 0. The summed E-state index contributed by atoms with van der Waals surface area (Å²) in [6.45, 7) is 0. The van der Waals surface area contributed by atoms with Crippen molar-refractivity contribution in [1.82, 2.24) is 15.0 Å². The summed E-state index contributed by atoms with van der Waals surface area (Å²) in [5.41, 5.74) is 12.6. The normalized spacial score (nSPS) is 13.3. The first-order valence-electron chi connectivity index (χ1n) is 16.9. The minimum absolute atomic E-state index is 0.467. The van der Waals surface area contributed by atoms with E-state index in [1.165, 1.54) is 48.7 Å². The lowest BCUT2D eigenvalue weighted by molar-refractivity contribution is 0.724. The van der Waals surface area contributed by atoms with Gasteiger partial charge in [0.1, 0.15) is 0 Å². The van der Waals surface area contributed by atoms with Crippen LogP contribution in [0.4, 0.5) is 0 Å². The Kier molecular flexibility index (Phi) is 6.64.